The first-order chi connectivity index (χ1) is 17.7. The smallest absolute Gasteiger partial charge is 0.339 e. The molecule has 0 aliphatic carbocycles. The maximum absolute atomic E-state index is 13.6. The monoisotopic (exact) mass is 532 g/mol. The van der Waals surface area contributed by atoms with Gasteiger partial charge in [-0.2, -0.15) is 13.2 Å². The number of carbonyl (C=O) groups is 2. The number of piperidine rings is 1. The number of nitrogens with zero attached hydrogens (tertiary/aromatic N) is 3. The summed E-state index contributed by atoms with van der Waals surface area (Å²) in [7, 11) is 0. The van der Waals surface area contributed by atoms with Crippen molar-refractivity contribution in [1.82, 2.24) is 19.7 Å². The molecular weight excluding hydrogens is 505 g/mol. The molecule has 3 heterocycles. The lowest BCUT2D eigenvalue weighted by Gasteiger charge is -2.33. The van der Waals surface area contributed by atoms with E-state index in [0.717, 1.165) is 19.2 Å². The van der Waals surface area contributed by atoms with Crippen molar-refractivity contribution < 1.29 is 22.8 Å². The number of hydrogen-bond donors (Lipinski definition) is 1. The van der Waals surface area contributed by atoms with Gasteiger partial charge in [0.2, 0.25) is 5.91 Å². The van der Waals surface area contributed by atoms with Gasteiger partial charge in [0.1, 0.15) is 6.54 Å². The molecule has 0 bridgehead atoms. The van der Waals surface area contributed by atoms with Gasteiger partial charge in [0.15, 0.2) is 0 Å². The first-order valence-corrected chi connectivity index (χ1v) is 12.8. The van der Waals surface area contributed by atoms with Crippen LogP contribution in [0.4, 0.5) is 13.2 Å². The minimum absolute atomic E-state index is 0.0264. The van der Waals surface area contributed by atoms with Crippen molar-refractivity contribution in [2.75, 3.05) is 39.3 Å². The van der Waals surface area contributed by atoms with Crippen LogP contribution in [0.5, 0.6) is 0 Å². The molecule has 10 heteroatoms. The summed E-state index contributed by atoms with van der Waals surface area (Å²) in [5.41, 5.74) is 0.857. The quantitative estimate of drug-likeness (QED) is 0.527. The largest absolute Gasteiger partial charge is 0.416 e. The Morgan fingerprint density at radius 1 is 0.973 bits per heavy atom. The highest BCUT2D eigenvalue weighted by Gasteiger charge is 2.36. The number of aromatic nitrogens is 1. The molecule has 1 N–H and O–H groups in total. The number of fused-ring (bicyclic) bond motifs is 1. The lowest BCUT2D eigenvalue weighted by atomic mass is 9.86. The number of amides is 2. The number of halogens is 4. The highest BCUT2D eigenvalue weighted by atomic mass is 35.5. The second-order valence-corrected chi connectivity index (χ2v) is 10.1. The zero-order valence-corrected chi connectivity index (χ0v) is 21.0. The molecule has 0 saturated carbocycles. The van der Waals surface area contributed by atoms with Gasteiger partial charge in [0.25, 0.3) is 5.91 Å². The van der Waals surface area contributed by atoms with Gasteiger partial charge in [-0.1, -0.05) is 35.9 Å². The molecule has 0 radical (unpaired) electrons. The normalized spacial score (nSPS) is 17.4. The number of piperazine rings is 1. The average Bonchev–Trinajstić information content (AvgIpc) is 3.25. The minimum Gasteiger partial charge on any atom is -0.339 e. The molecule has 3 aromatic rings. The number of rotatable bonds is 4. The number of benzene rings is 2. The summed E-state index contributed by atoms with van der Waals surface area (Å²) in [4.78, 5) is 30.0. The number of hydrogen-bond acceptors (Lipinski definition) is 3. The van der Waals surface area contributed by atoms with E-state index in [1.807, 2.05) is 0 Å². The van der Waals surface area contributed by atoms with Crippen molar-refractivity contribution in [1.29, 1.82) is 0 Å². The predicted octanol–water partition coefficient (Wildman–Crippen LogP) is 4.77. The van der Waals surface area contributed by atoms with E-state index in [9.17, 15) is 22.8 Å². The summed E-state index contributed by atoms with van der Waals surface area (Å²) in [6, 6.07) is 10.9. The van der Waals surface area contributed by atoms with E-state index in [0.29, 0.717) is 66.1 Å². The Labute approximate surface area is 218 Å². The summed E-state index contributed by atoms with van der Waals surface area (Å²) in [5, 5.41) is 4.43. The van der Waals surface area contributed by atoms with Crippen LogP contribution in [0.1, 0.15) is 40.2 Å². The molecule has 2 aromatic carbocycles. The van der Waals surface area contributed by atoms with Crippen LogP contribution in [0.15, 0.2) is 48.7 Å². The topological polar surface area (TPSA) is 57.6 Å². The van der Waals surface area contributed by atoms with Crippen LogP contribution in [0, 0.1) is 0 Å². The van der Waals surface area contributed by atoms with Gasteiger partial charge in [0.05, 0.1) is 16.6 Å². The maximum Gasteiger partial charge on any atom is 0.416 e. The summed E-state index contributed by atoms with van der Waals surface area (Å²) in [6.45, 7) is 3.58. The highest BCUT2D eigenvalue weighted by molar-refractivity contribution is 6.31. The third-order valence-corrected chi connectivity index (χ3v) is 7.57. The zero-order valence-electron chi connectivity index (χ0n) is 20.2. The van der Waals surface area contributed by atoms with Crippen molar-refractivity contribution >= 4 is 34.3 Å². The van der Waals surface area contributed by atoms with Crippen molar-refractivity contribution in [3.63, 3.8) is 0 Å². The zero-order chi connectivity index (χ0) is 26.2. The minimum atomic E-state index is -4.41. The maximum atomic E-state index is 13.6. The molecule has 196 valence electrons. The number of nitrogens with one attached hydrogen (secondary N) is 1. The molecule has 2 saturated heterocycles. The molecule has 37 heavy (non-hydrogen) atoms. The van der Waals surface area contributed by atoms with Crippen LogP contribution in [-0.4, -0.2) is 65.4 Å². The second-order valence-electron chi connectivity index (χ2n) is 9.61. The molecule has 6 nitrogen and oxygen atoms in total. The van der Waals surface area contributed by atoms with E-state index >= 15 is 0 Å². The molecule has 2 aliphatic heterocycles. The van der Waals surface area contributed by atoms with Crippen molar-refractivity contribution in [3.05, 3.63) is 70.4 Å². The summed E-state index contributed by atoms with van der Waals surface area (Å²) < 4.78 is 42.3. The van der Waals surface area contributed by atoms with Crippen molar-refractivity contribution in [3.8, 4) is 0 Å². The fourth-order valence-electron chi connectivity index (χ4n) is 5.40. The molecule has 0 spiro atoms. The van der Waals surface area contributed by atoms with Crippen LogP contribution >= 0.6 is 11.6 Å². The fourth-order valence-corrected chi connectivity index (χ4v) is 5.57. The molecule has 2 fully saturated rings. The first-order valence-electron chi connectivity index (χ1n) is 12.4. The summed E-state index contributed by atoms with van der Waals surface area (Å²) in [6.07, 6.45) is -1.81. The van der Waals surface area contributed by atoms with E-state index in [1.54, 1.807) is 44.8 Å². The summed E-state index contributed by atoms with van der Waals surface area (Å²) >= 11 is 6.24. The molecule has 2 aliphatic rings. The van der Waals surface area contributed by atoms with Crippen LogP contribution < -0.4 is 5.32 Å². The van der Waals surface area contributed by atoms with Crippen molar-refractivity contribution in [2.45, 2.75) is 31.5 Å². The van der Waals surface area contributed by atoms with E-state index in [4.69, 9.17) is 11.6 Å². The molecule has 1 aromatic heterocycles. The third kappa shape index (κ3) is 5.33. The predicted molar refractivity (Wildman–Crippen MR) is 136 cm³/mol. The molecule has 2 amide bonds. The Hall–Kier alpha value is -3.04. The summed E-state index contributed by atoms with van der Waals surface area (Å²) in [5.74, 6) is -0.483. The van der Waals surface area contributed by atoms with Crippen LogP contribution in [0.25, 0.3) is 10.9 Å². The molecule has 5 rings (SSSR count). The lowest BCUT2D eigenvalue weighted by molar-refractivity contribution is -0.138. The van der Waals surface area contributed by atoms with Crippen LogP contribution in [-0.2, 0) is 17.5 Å². The number of likely N-dealkylation sites (tertiary alicyclic amines) is 1. The molecular formula is C27H28ClF3N4O2. The van der Waals surface area contributed by atoms with Gasteiger partial charge in [0, 0.05) is 55.9 Å². The Morgan fingerprint density at radius 2 is 1.68 bits per heavy atom. The van der Waals surface area contributed by atoms with Gasteiger partial charge in [-0.25, -0.2) is 0 Å². The fraction of sp³-hybridized carbons (Fsp3) is 0.407. The lowest BCUT2D eigenvalue weighted by Crippen LogP contribution is -2.47. The number of carbonyl (C=O) groups excluding carboxylic acids is 2. The van der Waals surface area contributed by atoms with E-state index < -0.39 is 11.7 Å². The Kier molecular flexibility index (Phi) is 7.18. The van der Waals surface area contributed by atoms with Gasteiger partial charge >= 0.3 is 6.18 Å². The second kappa shape index (κ2) is 10.4. The first kappa shape index (κ1) is 25.6. The molecule has 0 unspecified atom stereocenters. The van der Waals surface area contributed by atoms with Gasteiger partial charge in [-0.05, 0) is 42.5 Å². The Balaban J connectivity index is 1.35. The SMILES string of the molecule is O=C(Cn1cc(C(=O)N2CCC(c3ccccc3C(F)(F)F)CC2)c2ccc(Cl)cc21)N1CCNCC1. The highest BCUT2D eigenvalue weighted by Crippen LogP contribution is 2.39. The number of alkyl halides is 3. The van der Waals surface area contributed by atoms with Crippen LogP contribution in [0.3, 0.4) is 0 Å². The Morgan fingerprint density at radius 3 is 2.38 bits per heavy atom. The average molecular weight is 533 g/mol. The standard InChI is InChI=1S/C27H28ClF3N4O2/c28-19-5-6-21-22(16-35(24(21)15-19)17-25(36)33-13-9-32-10-14-33)26(37)34-11-7-18(8-12-34)20-3-1-2-4-23(20)27(29,30)31/h1-6,15-16,18,32H,7-14,17H2. The van der Waals surface area contributed by atoms with E-state index in [1.165, 1.54) is 12.1 Å². The van der Waals surface area contributed by atoms with Gasteiger partial charge in [-0.3, -0.25) is 9.59 Å². The van der Waals surface area contributed by atoms with Crippen molar-refractivity contribution in [2.24, 2.45) is 0 Å². The third-order valence-electron chi connectivity index (χ3n) is 7.34. The molecule has 0 atom stereocenters. The van der Waals surface area contributed by atoms with Crippen LogP contribution in [0.2, 0.25) is 5.02 Å². The van der Waals surface area contributed by atoms with Gasteiger partial charge < -0.3 is 19.7 Å². The van der Waals surface area contributed by atoms with E-state index in [2.05, 4.69) is 5.32 Å². The van der Waals surface area contributed by atoms with Gasteiger partial charge in [-0.15, -0.1) is 0 Å². The Bertz CT molecular complexity index is 1310. The van der Waals surface area contributed by atoms with E-state index in [-0.39, 0.29) is 24.3 Å².